The number of nitrogens with zero attached hydrogens (tertiary/aromatic N) is 3. The topological polar surface area (TPSA) is 58.3 Å². The van der Waals surface area contributed by atoms with Crippen molar-refractivity contribution in [3.05, 3.63) is 34.8 Å². The third-order valence-corrected chi connectivity index (χ3v) is 4.74. The summed E-state index contributed by atoms with van der Waals surface area (Å²) >= 11 is 1.41. The average molecular weight is 395 g/mol. The van der Waals surface area contributed by atoms with Crippen molar-refractivity contribution >= 4 is 22.7 Å². The summed E-state index contributed by atoms with van der Waals surface area (Å²) in [4.78, 5) is 8.74. The first-order valence-corrected chi connectivity index (χ1v) is 9.30. The fourth-order valence-electron chi connectivity index (χ4n) is 2.76. The van der Waals surface area contributed by atoms with E-state index in [1.165, 1.54) is 17.4 Å². The van der Waals surface area contributed by atoms with Crippen LogP contribution in [0.1, 0.15) is 43.9 Å². The number of aromatic nitrogens is 1. The van der Waals surface area contributed by atoms with Gasteiger partial charge in [0.1, 0.15) is 11.6 Å². The number of aliphatic imine (C=N–C) groups is 1. The fourth-order valence-corrected chi connectivity index (χ4v) is 3.48. The van der Waals surface area contributed by atoms with Crippen LogP contribution in [0.2, 0.25) is 0 Å². The molecular formula is C19H20F3N3OS. The predicted molar refractivity (Wildman–Crippen MR) is 100 cm³/mol. The molecule has 0 saturated heterocycles. The number of thiazole rings is 1. The lowest BCUT2D eigenvalue weighted by atomic mass is 9.98. The third kappa shape index (κ3) is 5.15. The van der Waals surface area contributed by atoms with Crippen LogP contribution in [0.5, 0.6) is 0 Å². The largest absolute Gasteiger partial charge is 0.418 e. The van der Waals surface area contributed by atoms with Gasteiger partial charge in [0, 0.05) is 28.4 Å². The van der Waals surface area contributed by atoms with E-state index in [9.17, 15) is 13.2 Å². The molecule has 0 N–H and O–H groups in total. The van der Waals surface area contributed by atoms with Gasteiger partial charge in [0.2, 0.25) is 0 Å². The Morgan fingerprint density at radius 3 is 2.70 bits per heavy atom. The van der Waals surface area contributed by atoms with Gasteiger partial charge in [0.25, 0.3) is 0 Å². The van der Waals surface area contributed by atoms with Crippen LogP contribution in [-0.4, -0.2) is 23.5 Å². The smallest absolute Gasteiger partial charge is 0.349 e. The summed E-state index contributed by atoms with van der Waals surface area (Å²) in [6.45, 7) is 4.85. The van der Waals surface area contributed by atoms with Gasteiger partial charge in [-0.1, -0.05) is 25.5 Å². The lowest BCUT2D eigenvalue weighted by Crippen LogP contribution is -2.24. The highest BCUT2D eigenvalue weighted by molar-refractivity contribution is 7.13. The van der Waals surface area contributed by atoms with Crippen molar-refractivity contribution in [2.24, 2.45) is 4.99 Å². The second-order valence-electron chi connectivity index (χ2n) is 6.00. The van der Waals surface area contributed by atoms with Crippen LogP contribution >= 0.6 is 11.3 Å². The van der Waals surface area contributed by atoms with E-state index < -0.39 is 18.9 Å². The van der Waals surface area contributed by atoms with Crippen molar-refractivity contribution in [2.45, 2.75) is 45.9 Å². The zero-order chi connectivity index (χ0) is 20.0. The molecule has 2 rings (SSSR count). The van der Waals surface area contributed by atoms with Gasteiger partial charge >= 0.3 is 6.18 Å². The first-order chi connectivity index (χ1) is 12.8. The molecular weight excluding hydrogens is 375 g/mol. The van der Waals surface area contributed by atoms with Crippen molar-refractivity contribution in [3.63, 3.8) is 0 Å². The van der Waals surface area contributed by atoms with E-state index in [0.717, 1.165) is 17.7 Å². The van der Waals surface area contributed by atoms with Crippen LogP contribution in [0.25, 0.3) is 10.6 Å². The molecule has 0 bridgehead atoms. The molecule has 0 fully saturated rings. The van der Waals surface area contributed by atoms with E-state index in [1.807, 2.05) is 12.3 Å². The summed E-state index contributed by atoms with van der Waals surface area (Å²) in [6.07, 6.45) is -3.71. The van der Waals surface area contributed by atoms with Crippen LogP contribution in [0, 0.1) is 18.3 Å². The monoisotopic (exact) mass is 395 g/mol. The van der Waals surface area contributed by atoms with Crippen molar-refractivity contribution in [2.75, 3.05) is 6.61 Å². The summed E-state index contributed by atoms with van der Waals surface area (Å²) in [7, 11) is 0. The Bertz CT molecular complexity index is 839. The number of nitriles is 1. The molecule has 0 spiro atoms. The van der Waals surface area contributed by atoms with Crippen molar-refractivity contribution in [1.29, 1.82) is 5.26 Å². The van der Waals surface area contributed by atoms with Gasteiger partial charge in [-0.05, 0) is 25.8 Å². The first-order valence-electron chi connectivity index (χ1n) is 8.42. The Morgan fingerprint density at radius 1 is 1.41 bits per heavy atom. The number of halogens is 3. The van der Waals surface area contributed by atoms with Crippen LogP contribution in [-0.2, 0) is 4.74 Å². The Morgan fingerprint density at radius 2 is 2.15 bits per heavy atom. The maximum absolute atomic E-state index is 13.6. The van der Waals surface area contributed by atoms with E-state index >= 15 is 0 Å². The molecule has 0 aliphatic rings. The fraction of sp³-hybridized carbons (Fsp3) is 0.421. The van der Waals surface area contributed by atoms with E-state index in [-0.39, 0.29) is 11.3 Å². The number of hydrogen-bond acceptors (Lipinski definition) is 5. The van der Waals surface area contributed by atoms with Crippen molar-refractivity contribution in [3.8, 4) is 16.6 Å². The minimum atomic E-state index is -4.66. The molecule has 4 nitrogen and oxygen atoms in total. The lowest BCUT2D eigenvalue weighted by molar-refractivity contribution is -0.220. The average Bonchev–Trinajstić information content (AvgIpc) is 3.11. The summed E-state index contributed by atoms with van der Waals surface area (Å²) < 4.78 is 45.7. The van der Waals surface area contributed by atoms with Gasteiger partial charge < -0.3 is 4.74 Å². The standard InChI is InChI=1S/C19H20F3N3OS/c1-4-5-12(2)25-16-13(3)14(18-24-9-11-27-18)6-7-15(16)17(19(20,21)22)26-10-8-23/h6-7,9,11,17H,4-5,10H2,1-3H3. The van der Waals surface area contributed by atoms with Crippen molar-refractivity contribution in [1.82, 2.24) is 4.98 Å². The highest BCUT2D eigenvalue weighted by Gasteiger charge is 2.43. The zero-order valence-electron chi connectivity index (χ0n) is 15.3. The molecule has 1 atom stereocenters. The molecule has 144 valence electrons. The summed E-state index contributed by atoms with van der Waals surface area (Å²) in [5.41, 5.74) is 2.21. The van der Waals surface area contributed by atoms with Crippen LogP contribution in [0.4, 0.5) is 18.9 Å². The molecule has 8 heteroatoms. The van der Waals surface area contributed by atoms with E-state index in [2.05, 4.69) is 9.98 Å². The Hall–Kier alpha value is -2.24. The number of ether oxygens (including phenoxy) is 1. The quantitative estimate of drug-likeness (QED) is 0.528. The van der Waals surface area contributed by atoms with Crippen LogP contribution in [0.15, 0.2) is 28.7 Å². The summed E-state index contributed by atoms with van der Waals surface area (Å²) in [6, 6.07) is 4.58. The molecule has 0 aliphatic heterocycles. The molecule has 1 aromatic carbocycles. The predicted octanol–water partition coefficient (Wildman–Crippen LogP) is 6.15. The summed E-state index contributed by atoms with van der Waals surface area (Å²) in [5.74, 6) is 0. The maximum Gasteiger partial charge on any atom is 0.418 e. The molecule has 0 saturated carbocycles. The highest BCUT2D eigenvalue weighted by Crippen LogP contribution is 2.44. The number of hydrogen-bond donors (Lipinski definition) is 0. The zero-order valence-corrected chi connectivity index (χ0v) is 16.1. The van der Waals surface area contributed by atoms with Gasteiger partial charge in [-0.15, -0.1) is 11.3 Å². The molecule has 1 heterocycles. The van der Waals surface area contributed by atoms with Gasteiger partial charge in [0.15, 0.2) is 6.10 Å². The second kappa shape index (κ2) is 9.11. The number of alkyl halides is 3. The van der Waals surface area contributed by atoms with Gasteiger partial charge in [0.05, 0.1) is 11.8 Å². The van der Waals surface area contributed by atoms with Crippen LogP contribution < -0.4 is 0 Å². The Kier molecular flexibility index (Phi) is 7.11. The molecule has 0 amide bonds. The van der Waals surface area contributed by atoms with Gasteiger partial charge in [-0.2, -0.15) is 18.4 Å². The van der Waals surface area contributed by atoms with Gasteiger partial charge in [-0.3, -0.25) is 4.99 Å². The highest BCUT2D eigenvalue weighted by atomic mass is 32.1. The molecule has 27 heavy (non-hydrogen) atoms. The SMILES string of the molecule is CCCC(C)=Nc1c(C(OCC#N)C(F)(F)F)ccc(-c2nccs2)c1C. The second-order valence-corrected chi connectivity index (χ2v) is 6.90. The van der Waals surface area contributed by atoms with Gasteiger partial charge in [-0.25, -0.2) is 4.98 Å². The Labute approximate surface area is 160 Å². The molecule has 0 radical (unpaired) electrons. The molecule has 1 aromatic heterocycles. The van der Waals surface area contributed by atoms with Crippen molar-refractivity contribution < 1.29 is 17.9 Å². The normalized spacial score (nSPS) is 13.4. The molecule has 2 aromatic rings. The molecule has 1 unspecified atom stereocenters. The number of benzene rings is 1. The number of rotatable bonds is 7. The van der Waals surface area contributed by atoms with Crippen LogP contribution in [0.3, 0.4) is 0 Å². The summed E-state index contributed by atoms with van der Waals surface area (Å²) in [5, 5.41) is 11.2. The minimum absolute atomic E-state index is 0.0917. The molecule has 0 aliphatic carbocycles. The first kappa shape index (κ1) is 21.1. The maximum atomic E-state index is 13.6. The Balaban J connectivity index is 2.67. The third-order valence-electron chi connectivity index (χ3n) is 3.93. The van der Waals surface area contributed by atoms with E-state index in [0.29, 0.717) is 17.0 Å². The van der Waals surface area contributed by atoms with E-state index in [4.69, 9.17) is 10.00 Å². The minimum Gasteiger partial charge on any atom is -0.349 e. The van der Waals surface area contributed by atoms with E-state index in [1.54, 1.807) is 32.2 Å². The lowest BCUT2D eigenvalue weighted by Gasteiger charge is -2.23.